The molecule has 3 rings (SSSR count). The highest BCUT2D eigenvalue weighted by atomic mass is 127. The fourth-order valence-electron chi connectivity index (χ4n) is 3.87. The molecule has 0 bridgehead atoms. The van der Waals surface area contributed by atoms with Gasteiger partial charge in [0.15, 0.2) is 5.96 Å². The topological polar surface area (TPSA) is 67.4 Å². The Morgan fingerprint density at radius 1 is 1.25 bits per heavy atom. The molecule has 1 aromatic rings. The van der Waals surface area contributed by atoms with Crippen molar-refractivity contribution in [2.45, 2.75) is 51.4 Å². The summed E-state index contributed by atoms with van der Waals surface area (Å²) in [6, 6.07) is 7.11. The lowest BCUT2D eigenvalue weighted by Crippen LogP contribution is -2.44. The summed E-state index contributed by atoms with van der Waals surface area (Å²) >= 11 is 0. The summed E-state index contributed by atoms with van der Waals surface area (Å²) in [4.78, 5) is 6.73. The molecule has 2 aliphatic rings. The minimum atomic E-state index is -2.83. The number of para-hydroxylation sites is 2. The quantitative estimate of drug-likeness (QED) is 0.195. The lowest BCUT2D eigenvalue weighted by molar-refractivity contribution is -0.0495. The third kappa shape index (κ3) is 8.86. The van der Waals surface area contributed by atoms with Gasteiger partial charge < -0.3 is 29.7 Å². The van der Waals surface area contributed by atoms with Crippen molar-refractivity contribution in [3.63, 3.8) is 0 Å². The fourth-order valence-corrected chi connectivity index (χ4v) is 3.87. The van der Waals surface area contributed by atoms with Gasteiger partial charge in [-0.15, -0.1) is 24.0 Å². The molecule has 0 radical (unpaired) electrons. The zero-order valence-electron chi connectivity index (χ0n) is 18.6. The van der Waals surface area contributed by atoms with E-state index >= 15 is 0 Å². The maximum Gasteiger partial charge on any atom is 0.387 e. The van der Waals surface area contributed by atoms with E-state index in [-0.39, 0.29) is 35.8 Å². The van der Waals surface area contributed by atoms with E-state index in [9.17, 15) is 8.78 Å². The summed E-state index contributed by atoms with van der Waals surface area (Å²) in [5.41, 5.74) is 0.694. The number of halogens is 3. The first kappa shape index (κ1) is 26.8. The zero-order chi connectivity index (χ0) is 21.9. The number of guanidine groups is 1. The molecule has 1 unspecified atom stereocenters. The number of nitrogens with one attached hydrogen (secondary N) is 2. The van der Waals surface area contributed by atoms with E-state index in [1.165, 1.54) is 0 Å². The van der Waals surface area contributed by atoms with Crippen LogP contribution in [0.25, 0.3) is 0 Å². The van der Waals surface area contributed by atoms with Gasteiger partial charge in [-0.2, -0.15) is 8.78 Å². The van der Waals surface area contributed by atoms with E-state index in [4.69, 9.17) is 9.47 Å². The van der Waals surface area contributed by atoms with Crippen LogP contribution < -0.4 is 20.3 Å². The van der Waals surface area contributed by atoms with E-state index in [1.807, 2.05) is 19.1 Å². The molecule has 0 aromatic heterocycles. The van der Waals surface area contributed by atoms with Crippen molar-refractivity contribution in [2.75, 3.05) is 50.9 Å². The summed E-state index contributed by atoms with van der Waals surface area (Å²) in [5, 5.41) is 6.75. The van der Waals surface area contributed by atoms with Gasteiger partial charge in [-0.3, -0.25) is 4.99 Å². The molecule has 10 heteroatoms. The van der Waals surface area contributed by atoms with Crippen LogP contribution in [0.15, 0.2) is 29.3 Å². The SMILES string of the molecule is CCNC(=NCCCOC1CCOCC1)NC1CCN(c2ccccc2OC(F)F)C1.I. The van der Waals surface area contributed by atoms with Crippen molar-refractivity contribution in [1.29, 1.82) is 0 Å². The predicted molar refractivity (Wildman–Crippen MR) is 133 cm³/mol. The lowest BCUT2D eigenvalue weighted by atomic mass is 10.1. The highest BCUT2D eigenvalue weighted by Gasteiger charge is 2.26. The van der Waals surface area contributed by atoms with Crippen LogP contribution in [0, 0.1) is 0 Å². The number of ether oxygens (including phenoxy) is 3. The molecule has 2 N–H and O–H groups in total. The highest BCUT2D eigenvalue weighted by Crippen LogP contribution is 2.31. The van der Waals surface area contributed by atoms with Gasteiger partial charge in [0, 0.05) is 52.0 Å². The number of alkyl halides is 2. The van der Waals surface area contributed by atoms with Crippen molar-refractivity contribution in [3.05, 3.63) is 24.3 Å². The highest BCUT2D eigenvalue weighted by molar-refractivity contribution is 14.0. The van der Waals surface area contributed by atoms with E-state index in [0.717, 1.165) is 57.9 Å². The monoisotopic (exact) mass is 568 g/mol. The molecule has 182 valence electrons. The molecular weight excluding hydrogens is 533 g/mol. The minimum Gasteiger partial charge on any atom is -0.433 e. The molecule has 7 nitrogen and oxygen atoms in total. The van der Waals surface area contributed by atoms with E-state index in [1.54, 1.807) is 12.1 Å². The Kier molecular flexibility index (Phi) is 12.3. The Balaban J connectivity index is 0.00000363. The van der Waals surface area contributed by atoms with Crippen LogP contribution in [0.5, 0.6) is 5.75 Å². The smallest absolute Gasteiger partial charge is 0.387 e. The van der Waals surface area contributed by atoms with Gasteiger partial charge in [0.2, 0.25) is 0 Å². The van der Waals surface area contributed by atoms with Crippen LogP contribution in [0.4, 0.5) is 14.5 Å². The maximum absolute atomic E-state index is 12.7. The molecule has 1 aromatic carbocycles. The maximum atomic E-state index is 12.7. The van der Waals surface area contributed by atoms with Crippen molar-refractivity contribution in [2.24, 2.45) is 4.99 Å². The molecule has 32 heavy (non-hydrogen) atoms. The van der Waals surface area contributed by atoms with Gasteiger partial charge >= 0.3 is 6.61 Å². The molecule has 2 saturated heterocycles. The first-order valence-electron chi connectivity index (χ1n) is 11.2. The second kappa shape index (κ2) is 14.7. The van der Waals surface area contributed by atoms with E-state index in [2.05, 4.69) is 25.3 Å². The number of rotatable bonds is 10. The zero-order valence-corrected chi connectivity index (χ0v) is 20.9. The van der Waals surface area contributed by atoms with E-state index < -0.39 is 6.61 Å². The van der Waals surface area contributed by atoms with Crippen LogP contribution in [0.3, 0.4) is 0 Å². The number of hydrogen-bond donors (Lipinski definition) is 2. The molecule has 0 aliphatic carbocycles. The Morgan fingerprint density at radius 3 is 2.78 bits per heavy atom. The fraction of sp³-hybridized carbons (Fsp3) is 0.682. The number of nitrogens with zero attached hydrogens (tertiary/aromatic N) is 2. The third-order valence-electron chi connectivity index (χ3n) is 5.39. The van der Waals surface area contributed by atoms with Gasteiger partial charge in [0.1, 0.15) is 5.75 Å². The Morgan fingerprint density at radius 2 is 2.03 bits per heavy atom. The Bertz CT molecular complexity index is 693. The lowest BCUT2D eigenvalue weighted by Gasteiger charge is -2.23. The molecule has 2 fully saturated rings. The summed E-state index contributed by atoms with van der Waals surface area (Å²) in [5.74, 6) is 0.987. The van der Waals surface area contributed by atoms with Crippen molar-refractivity contribution in [3.8, 4) is 5.75 Å². The molecule has 1 atom stereocenters. The first-order valence-corrected chi connectivity index (χ1v) is 11.2. The van der Waals surface area contributed by atoms with Crippen molar-refractivity contribution < 1.29 is 23.0 Å². The number of anilines is 1. The number of hydrogen-bond acceptors (Lipinski definition) is 5. The summed E-state index contributed by atoms with van der Waals surface area (Å²) in [6.07, 6.45) is 4.00. The van der Waals surface area contributed by atoms with Gasteiger partial charge in [0.25, 0.3) is 0 Å². The third-order valence-corrected chi connectivity index (χ3v) is 5.39. The molecule has 0 saturated carbocycles. The summed E-state index contributed by atoms with van der Waals surface area (Å²) < 4.78 is 41.3. The van der Waals surface area contributed by atoms with Crippen molar-refractivity contribution >= 4 is 35.6 Å². The summed E-state index contributed by atoms with van der Waals surface area (Å²) in [6.45, 7) is 4.38. The van der Waals surface area contributed by atoms with Gasteiger partial charge in [-0.05, 0) is 44.7 Å². The second-order valence-corrected chi connectivity index (χ2v) is 7.72. The Hall–Kier alpha value is -1.40. The van der Waals surface area contributed by atoms with Crippen LogP contribution in [0.1, 0.15) is 32.6 Å². The molecular formula is C22H35F2IN4O3. The average molecular weight is 568 g/mol. The van der Waals surface area contributed by atoms with Gasteiger partial charge in [0.05, 0.1) is 11.8 Å². The average Bonchev–Trinajstić information content (AvgIpc) is 3.22. The van der Waals surface area contributed by atoms with Crippen LogP contribution >= 0.6 is 24.0 Å². The molecule has 2 aliphatic heterocycles. The summed E-state index contributed by atoms with van der Waals surface area (Å²) in [7, 11) is 0. The predicted octanol–water partition coefficient (Wildman–Crippen LogP) is 3.63. The Labute approximate surface area is 206 Å². The van der Waals surface area contributed by atoms with Crippen molar-refractivity contribution in [1.82, 2.24) is 10.6 Å². The molecule has 2 heterocycles. The number of benzene rings is 1. The normalized spacial score (nSPS) is 19.7. The minimum absolute atomic E-state index is 0. The van der Waals surface area contributed by atoms with Crippen LogP contribution in [-0.4, -0.2) is 70.7 Å². The van der Waals surface area contributed by atoms with E-state index in [0.29, 0.717) is 31.5 Å². The second-order valence-electron chi connectivity index (χ2n) is 7.72. The largest absolute Gasteiger partial charge is 0.433 e. The van der Waals surface area contributed by atoms with Gasteiger partial charge in [-0.1, -0.05) is 12.1 Å². The standard InChI is InChI=1S/C22H34F2N4O3.HI/c1-2-25-22(26-11-5-13-30-18-9-14-29-15-10-18)27-17-8-12-28(16-17)19-6-3-4-7-20(19)31-21(23)24;/h3-4,6-7,17-18,21H,2,5,8-16H2,1H3,(H2,25,26,27);1H. The first-order chi connectivity index (χ1) is 15.2. The van der Waals surface area contributed by atoms with Crippen LogP contribution in [-0.2, 0) is 9.47 Å². The molecule has 0 amide bonds. The number of aliphatic imine (C=N–C) groups is 1. The van der Waals surface area contributed by atoms with Gasteiger partial charge in [-0.25, -0.2) is 0 Å². The molecule has 0 spiro atoms. The van der Waals surface area contributed by atoms with Crippen LogP contribution in [0.2, 0.25) is 0 Å².